The summed E-state index contributed by atoms with van der Waals surface area (Å²) in [6, 6.07) is 9.40. The van der Waals surface area contributed by atoms with Gasteiger partial charge in [0.15, 0.2) is 0 Å². The number of hydrogen-bond donors (Lipinski definition) is 2. The van der Waals surface area contributed by atoms with Gasteiger partial charge in [0.05, 0.1) is 4.88 Å². The molecular weight excluding hydrogens is 276 g/mol. The Kier molecular flexibility index (Phi) is 3.23. The number of aromatic nitrogens is 1. The third kappa shape index (κ3) is 2.47. The first-order valence-electron chi connectivity index (χ1n) is 5.65. The van der Waals surface area contributed by atoms with E-state index in [9.17, 15) is 4.79 Å². The second-order valence-electron chi connectivity index (χ2n) is 4.03. The molecule has 3 rings (SSSR count). The van der Waals surface area contributed by atoms with E-state index >= 15 is 0 Å². The molecular formula is C14H10N2OS2. The van der Waals surface area contributed by atoms with E-state index < -0.39 is 0 Å². The van der Waals surface area contributed by atoms with Crippen LogP contribution in [-0.2, 0) is 0 Å². The Morgan fingerprint density at radius 3 is 3.00 bits per heavy atom. The van der Waals surface area contributed by atoms with Crippen molar-refractivity contribution in [2.75, 3.05) is 5.32 Å². The SMILES string of the molecule is O=C(Nc1cccc2cnccc12)c1cc(S)cs1. The molecule has 0 bridgehead atoms. The number of carbonyl (C=O) groups excluding carboxylic acids is 1. The summed E-state index contributed by atoms with van der Waals surface area (Å²) in [5.74, 6) is -0.116. The van der Waals surface area contributed by atoms with Crippen molar-refractivity contribution in [1.82, 2.24) is 4.98 Å². The molecule has 3 aromatic rings. The van der Waals surface area contributed by atoms with Crippen molar-refractivity contribution in [2.45, 2.75) is 4.90 Å². The summed E-state index contributed by atoms with van der Waals surface area (Å²) in [4.78, 5) is 17.6. The normalized spacial score (nSPS) is 10.6. The van der Waals surface area contributed by atoms with Gasteiger partial charge < -0.3 is 5.32 Å². The van der Waals surface area contributed by atoms with Gasteiger partial charge in [-0.05, 0) is 18.2 Å². The smallest absolute Gasteiger partial charge is 0.265 e. The highest BCUT2D eigenvalue weighted by Gasteiger charge is 2.10. The number of rotatable bonds is 2. The molecule has 0 spiro atoms. The van der Waals surface area contributed by atoms with Crippen molar-refractivity contribution in [1.29, 1.82) is 0 Å². The number of amides is 1. The number of anilines is 1. The molecule has 5 heteroatoms. The van der Waals surface area contributed by atoms with E-state index in [0.717, 1.165) is 21.4 Å². The third-order valence-corrected chi connectivity index (χ3v) is 4.10. The molecule has 19 heavy (non-hydrogen) atoms. The molecule has 3 nitrogen and oxygen atoms in total. The molecule has 1 aromatic carbocycles. The first-order chi connectivity index (χ1) is 9.24. The van der Waals surface area contributed by atoms with Crippen LogP contribution in [0.2, 0.25) is 0 Å². The van der Waals surface area contributed by atoms with Gasteiger partial charge in [-0.2, -0.15) is 0 Å². The molecule has 0 unspecified atom stereocenters. The van der Waals surface area contributed by atoms with Gasteiger partial charge in [0.1, 0.15) is 0 Å². The van der Waals surface area contributed by atoms with Crippen molar-refractivity contribution < 1.29 is 4.79 Å². The molecule has 94 valence electrons. The Hall–Kier alpha value is -1.85. The summed E-state index contributed by atoms with van der Waals surface area (Å²) in [6.07, 6.45) is 3.50. The summed E-state index contributed by atoms with van der Waals surface area (Å²) in [5, 5.41) is 6.74. The van der Waals surface area contributed by atoms with E-state index in [1.807, 2.05) is 29.6 Å². The van der Waals surface area contributed by atoms with Gasteiger partial charge >= 0.3 is 0 Å². The second kappa shape index (κ2) is 5.03. The van der Waals surface area contributed by atoms with E-state index in [1.165, 1.54) is 11.3 Å². The first kappa shape index (κ1) is 12.2. The second-order valence-corrected chi connectivity index (χ2v) is 5.45. The number of nitrogens with one attached hydrogen (secondary N) is 1. The molecule has 2 aromatic heterocycles. The molecule has 0 saturated heterocycles. The van der Waals surface area contributed by atoms with E-state index in [1.54, 1.807) is 18.5 Å². The van der Waals surface area contributed by atoms with Gasteiger partial charge in [-0.1, -0.05) is 12.1 Å². The van der Waals surface area contributed by atoms with Crippen molar-refractivity contribution in [3.05, 3.63) is 53.0 Å². The fraction of sp³-hybridized carbons (Fsp3) is 0. The number of nitrogens with zero attached hydrogens (tertiary/aromatic N) is 1. The zero-order valence-electron chi connectivity index (χ0n) is 9.83. The molecule has 0 fully saturated rings. The third-order valence-electron chi connectivity index (χ3n) is 2.74. The van der Waals surface area contributed by atoms with Crippen molar-refractivity contribution >= 4 is 46.3 Å². The standard InChI is InChI=1S/C14H10N2OS2/c17-14(13-6-10(18)8-19-13)16-12-3-1-2-9-7-15-5-4-11(9)12/h1-8,18H,(H,16,17). The Labute approximate surface area is 119 Å². The largest absolute Gasteiger partial charge is 0.321 e. The van der Waals surface area contributed by atoms with Gasteiger partial charge in [0.2, 0.25) is 0 Å². The topological polar surface area (TPSA) is 42.0 Å². The maximum Gasteiger partial charge on any atom is 0.265 e. The monoisotopic (exact) mass is 286 g/mol. The van der Waals surface area contributed by atoms with Crippen LogP contribution in [0.15, 0.2) is 53.0 Å². The van der Waals surface area contributed by atoms with Crippen LogP contribution in [0.4, 0.5) is 5.69 Å². The maximum absolute atomic E-state index is 12.1. The summed E-state index contributed by atoms with van der Waals surface area (Å²) in [6.45, 7) is 0. The fourth-order valence-electron chi connectivity index (χ4n) is 1.86. The number of carbonyl (C=O) groups is 1. The molecule has 1 amide bonds. The molecule has 0 aliphatic carbocycles. The maximum atomic E-state index is 12.1. The minimum absolute atomic E-state index is 0.116. The molecule has 0 aliphatic heterocycles. The summed E-state index contributed by atoms with van der Waals surface area (Å²) in [7, 11) is 0. The predicted octanol–water partition coefficient (Wildman–Crippen LogP) is 3.84. The van der Waals surface area contributed by atoms with Crippen LogP contribution in [0, 0.1) is 0 Å². The lowest BCUT2D eigenvalue weighted by Gasteiger charge is -2.07. The molecule has 0 radical (unpaired) electrons. The van der Waals surface area contributed by atoms with Gasteiger partial charge in [0, 0.05) is 39.1 Å². The Bertz CT molecular complexity index is 747. The van der Waals surface area contributed by atoms with Gasteiger partial charge in [-0.25, -0.2) is 0 Å². The lowest BCUT2D eigenvalue weighted by atomic mass is 10.1. The summed E-state index contributed by atoms with van der Waals surface area (Å²) < 4.78 is 0. The van der Waals surface area contributed by atoms with Gasteiger partial charge in [-0.3, -0.25) is 9.78 Å². The minimum Gasteiger partial charge on any atom is -0.321 e. The zero-order chi connectivity index (χ0) is 13.2. The van der Waals surface area contributed by atoms with E-state index in [2.05, 4.69) is 22.9 Å². The quantitative estimate of drug-likeness (QED) is 0.703. The fourth-order valence-corrected chi connectivity index (χ4v) is 2.90. The van der Waals surface area contributed by atoms with Crippen LogP contribution in [0.5, 0.6) is 0 Å². The number of fused-ring (bicyclic) bond motifs is 1. The van der Waals surface area contributed by atoms with Crippen LogP contribution in [0.3, 0.4) is 0 Å². The number of thiophene rings is 1. The number of pyridine rings is 1. The van der Waals surface area contributed by atoms with E-state index in [4.69, 9.17) is 0 Å². The average Bonchev–Trinajstić information content (AvgIpc) is 2.86. The van der Waals surface area contributed by atoms with Gasteiger partial charge in [-0.15, -0.1) is 24.0 Å². The van der Waals surface area contributed by atoms with Crippen LogP contribution in [0.25, 0.3) is 10.8 Å². The molecule has 0 aliphatic rings. The molecule has 0 atom stereocenters. The van der Waals surface area contributed by atoms with Crippen LogP contribution in [-0.4, -0.2) is 10.9 Å². The van der Waals surface area contributed by atoms with E-state index in [0.29, 0.717) is 4.88 Å². The highest BCUT2D eigenvalue weighted by atomic mass is 32.1. The Balaban J connectivity index is 1.95. The molecule has 2 heterocycles. The lowest BCUT2D eigenvalue weighted by Crippen LogP contribution is -2.10. The van der Waals surface area contributed by atoms with Crippen LogP contribution < -0.4 is 5.32 Å². The summed E-state index contributed by atoms with van der Waals surface area (Å²) in [5.41, 5.74) is 0.791. The number of benzene rings is 1. The highest BCUT2D eigenvalue weighted by molar-refractivity contribution is 7.80. The Morgan fingerprint density at radius 2 is 2.21 bits per heavy atom. The number of thiol groups is 1. The molecule has 1 N–H and O–H groups in total. The zero-order valence-corrected chi connectivity index (χ0v) is 11.5. The van der Waals surface area contributed by atoms with Crippen molar-refractivity contribution in [2.24, 2.45) is 0 Å². The minimum atomic E-state index is -0.116. The molecule has 0 saturated carbocycles. The summed E-state index contributed by atoms with van der Waals surface area (Å²) >= 11 is 5.59. The lowest BCUT2D eigenvalue weighted by molar-refractivity contribution is 0.103. The van der Waals surface area contributed by atoms with Crippen molar-refractivity contribution in [3.63, 3.8) is 0 Å². The van der Waals surface area contributed by atoms with Crippen LogP contribution >= 0.6 is 24.0 Å². The van der Waals surface area contributed by atoms with Gasteiger partial charge in [0.25, 0.3) is 5.91 Å². The first-order valence-corrected chi connectivity index (χ1v) is 6.98. The van der Waals surface area contributed by atoms with Crippen LogP contribution in [0.1, 0.15) is 9.67 Å². The number of hydrogen-bond acceptors (Lipinski definition) is 4. The Morgan fingerprint density at radius 1 is 1.32 bits per heavy atom. The average molecular weight is 286 g/mol. The predicted molar refractivity (Wildman–Crippen MR) is 81.3 cm³/mol. The van der Waals surface area contributed by atoms with Crippen molar-refractivity contribution in [3.8, 4) is 0 Å². The van der Waals surface area contributed by atoms with E-state index in [-0.39, 0.29) is 5.91 Å². The highest BCUT2D eigenvalue weighted by Crippen LogP contribution is 2.24.